The van der Waals surface area contributed by atoms with Crippen LogP contribution in [0.1, 0.15) is 48.4 Å². The molecule has 1 aliphatic rings. The van der Waals surface area contributed by atoms with E-state index in [1.165, 1.54) is 29.5 Å². The van der Waals surface area contributed by atoms with Gasteiger partial charge in [-0.1, -0.05) is 31.2 Å². The van der Waals surface area contributed by atoms with Crippen molar-refractivity contribution in [3.8, 4) is 0 Å². The van der Waals surface area contributed by atoms with E-state index in [4.69, 9.17) is 0 Å². The molecule has 0 radical (unpaired) electrons. The Hall–Kier alpha value is -1.83. The van der Waals surface area contributed by atoms with E-state index in [1.54, 1.807) is 0 Å². The second kappa shape index (κ2) is 5.04. The Kier molecular flexibility index (Phi) is 3.24. The molecule has 1 aliphatic carbocycles. The summed E-state index contributed by atoms with van der Waals surface area (Å²) in [4.78, 5) is 4.22. The van der Waals surface area contributed by atoms with Gasteiger partial charge in [-0.3, -0.25) is 4.98 Å². The fourth-order valence-electron chi connectivity index (χ4n) is 2.96. The van der Waals surface area contributed by atoms with Crippen LogP contribution < -0.4 is 5.32 Å². The fourth-order valence-corrected chi connectivity index (χ4v) is 2.96. The molecule has 0 aliphatic heterocycles. The molecule has 0 spiro atoms. The molecule has 3 rings (SSSR count). The molecule has 19 heavy (non-hydrogen) atoms. The first-order valence-corrected chi connectivity index (χ1v) is 7.01. The second-order valence-electron chi connectivity index (χ2n) is 5.49. The van der Waals surface area contributed by atoms with Gasteiger partial charge in [0.15, 0.2) is 0 Å². The average Bonchev–Trinajstić information content (AvgIpc) is 2.44. The SMILES string of the molecule is Cc1ccncc1NC1CCC(C)c2ccccc21. The molecule has 0 bridgehead atoms. The van der Waals surface area contributed by atoms with Gasteiger partial charge in [0.25, 0.3) is 0 Å². The molecule has 1 aromatic heterocycles. The van der Waals surface area contributed by atoms with E-state index >= 15 is 0 Å². The number of hydrogen-bond donors (Lipinski definition) is 1. The lowest BCUT2D eigenvalue weighted by molar-refractivity contribution is 0.534. The first kappa shape index (κ1) is 12.2. The number of aryl methyl sites for hydroxylation is 1. The summed E-state index contributed by atoms with van der Waals surface area (Å²) in [5, 5.41) is 3.66. The molecule has 1 aromatic carbocycles. The Morgan fingerprint density at radius 3 is 2.68 bits per heavy atom. The van der Waals surface area contributed by atoms with Gasteiger partial charge in [0.2, 0.25) is 0 Å². The zero-order valence-electron chi connectivity index (χ0n) is 11.6. The molecule has 2 nitrogen and oxygen atoms in total. The summed E-state index contributed by atoms with van der Waals surface area (Å²) in [6, 6.07) is 11.3. The van der Waals surface area contributed by atoms with Gasteiger partial charge in [-0.2, -0.15) is 0 Å². The quantitative estimate of drug-likeness (QED) is 0.854. The van der Waals surface area contributed by atoms with Crippen molar-refractivity contribution >= 4 is 5.69 Å². The Balaban J connectivity index is 1.91. The number of nitrogens with one attached hydrogen (secondary N) is 1. The van der Waals surface area contributed by atoms with Crippen molar-refractivity contribution in [3.63, 3.8) is 0 Å². The van der Waals surface area contributed by atoms with Crippen molar-refractivity contribution in [1.29, 1.82) is 0 Å². The molecule has 0 amide bonds. The van der Waals surface area contributed by atoms with Crippen LogP contribution >= 0.6 is 0 Å². The Morgan fingerprint density at radius 1 is 1.11 bits per heavy atom. The van der Waals surface area contributed by atoms with Gasteiger partial charge in [-0.25, -0.2) is 0 Å². The summed E-state index contributed by atoms with van der Waals surface area (Å²) in [6.45, 7) is 4.45. The van der Waals surface area contributed by atoms with Crippen molar-refractivity contribution < 1.29 is 0 Å². The lowest BCUT2D eigenvalue weighted by Crippen LogP contribution is -2.19. The molecule has 0 fully saturated rings. The lowest BCUT2D eigenvalue weighted by Gasteiger charge is -2.31. The van der Waals surface area contributed by atoms with E-state index in [9.17, 15) is 0 Å². The van der Waals surface area contributed by atoms with Crippen molar-refractivity contribution in [2.45, 2.75) is 38.6 Å². The van der Waals surface area contributed by atoms with Crippen LogP contribution in [0.15, 0.2) is 42.7 Å². The van der Waals surface area contributed by atoms with Crippen LogP contribution in [0.5, 0.6) is 0 Å². The lowest BCUT2D eigenvalue weighted by atomic mass is 9.81. The highest BCUT2D eigenvalue weighted by Crippen LogP contribution is 2.38. The molecule has 2 heteroatoms. The number of aromatic nitrogens is 1. The average molecular weight is 252 g/mol. The number of rotatable bonds is 2. The van der Waals surface area contributed by atoms with Gasteiger partial charge in [-0.15, -0.1) is 0 Å². The van der Waals surface area contributed by atoms with Crippen LogP contribution in [0.2, 0.25) is 0 Å². The molecule has 1 heterocycles. The first-order valence-electron chi connectivity index (χ1n) is 7.01. The van der Waals surface area contributed by atoms with Crippen molar-refractivity contribution in [1.82, 2.24) is 4.98 Å². The molecule has 2 unspecified atom stereocenters. The highest BCUT2D eigenvalue weighted by Gasteiger charge is 2.24. The highest BCUT2D eigenvalue weighted by atomic mass is 14.9. The van der Waals surface area contributed by atoms with Crippen LogP contribution in [-0.4, -0.2) is 4.98 Å². The van der Waals surface area contributed by atoms with Gasteiger partial charge in [0.05, 0.1) is 17.9 Å². The molecule has 98 valence electrons. The Labute approximate surface area is 114 Å². The molecule has 1 N–H and O–H groups in total. The maximum Gasteiger partial charge on any atom is 0.0561 e. The third kappa shape index (κ3) is 2.35. The standard InChI is InChI=1S/C17H20N2/c1-12-7-8-16(15-6-4-3-5-14(12)15)19-17-11-18-10-9-13(17)2/h3-6,9-12,16,19H,7-8H2,1-2H3. The summed E-state index contributed by atoms with van der Waals surface area (Å²) in [6.07, 6.45) is 6.20. The molecular formula is C17H20N2. The predicted molar refractivity (Wildman–Crippen MR) is 79.4 cm³/mol. The second-order valence-corrected chi connectivity index (χ2v) is 5.49. The van der Waals surface area contributed by atoms with E-state index in [-0.39, 0.29) is 0 Å². The summed E-state index contributed by atoms with van der Waals surface area (Å²) in [7, 11) is 0. The number of benzene rings is 1. The number of nitrogens with zero attached hydrogens (tertiary/aromatic N) is 1. The predicted octanol–water partition coefficient (Wildman–Crippen LogP) is 4.44. The van der Waals surface area contributed by atoms with Crippen molar-refractivity contribution in [2.75, 3.05) is 5.32 Å². The minimum atomic E-state index is 0.412. The maximum absolute atomic E-state index is 4.22. The van der Waals surface area contributed by atoms with Crippen LogP contribution in [0.25, 0.3) is 0 Å². The van der Waals surface area contributed by atoms with Crippen LogP contribution in [0.4, 0.5) is 5.69 Å². The first-order chi connectivity index (χ1) is 9.25. The number of anilines is 1. The van der Waals surface area contributed by atoms with Gasteiger partial charge in [0, 0.05) is 6.20 Å². The number of hydrogen-bond acceptors (Lipinski definition) is 2. The summed E-state index contributed by atoms with van der Waals surface area (Å²) < 4.78 is 0. The van der Waals surface area contributed by atoms with Crippen LogP contribution in [-0.2, 0) is 0 Å². The van der Waals surface area contributed by atoms with E-state index < -0.39 is 0 Å². The largest absolute Gasteiger partial charge is 0.377 e. The highest BCUT2D eigenvalue weighted by molar-refractivity contribution is 5.51. The zero-order chi connectivity index (χ0) is 13.2. The summed E-state index contributed by atoms with van der Waals surface area (Å²) >= 11 is 0. The smallest absolute Gasteiger partial charge is 0.0561 e. The van der Waals surface area contributed by atoms with Gasteiger partial charge >= 0.3 is 0 Å². The summed E-state index contributed by atoms with van der Waals surface area (Å²) in [5.41, 5.74) is 5.35. The molecule has 0 saturated carbocycles. The van der Waals surface area contributed by atoms with Gasteiger partial charge in [0.1, 0.15) is 0 Å². The monoisotopic (exact) mass is 252 g/mol. The molecular weight excluding hydrogens is 232 g/mol. The maximum atomic E-state index is 4.22. The molecule has 0 saturated heterocycles. The number of pyridine rings is 1. The van der Waals surface area contributed by atoms with E-state index in [1.807, 2.05) is 12.4 Å². The van der Waals surface area contributed by atoms with E-state index in [0.717, 1.165) is 5.69 Å². The molecule has 2 aromatic rings. The van der Waals surface area contributed by atoms with Crippen LogP contribution in [0.3, 0.4) is 0 Å². The minimum absolute atomic E-state index is 0.412. The molecule has 2 atom stereocenters. The van der Waals surface area contributed by atoms with E-state index in [0.29, 0.717) is 12.0 Å². The van der Waals surface area contributed by atoms with Crippen molar-refractivity contribution in [3.05, 3.63) is 59.4 Å². The topological polar surface area (TPSA) is 24.9 Å². The Bertz CT molecular complexity index is 577. The third-order valence-electron chi connectivity index (χ3n) is 4.16. The van der Waals surface area contributed by atoms with Gasteiger partial charge < -0.3 is 5.32 Å². The number of fused-ring (bicyclic) bond motifs is 1. The third-order valence-corrected chi connectivity index (χ3v) is 4.16. The van der Waals surface area contributed by atoms with Crippen LogP contribution in [0, 0.1) is 6.92 Å². The summed E-state index contributed by atoms with van der Waals surface area (Å²) in [5.74, 6) is 0.671. The zero-order valence-corrected chi connectivity index (χ0v) is 11.6. The van der Waals surface area contributed by atoms with Crippen molar-refractivity contribution in [2.24, 2.45) is 0 Å². The van der Waals surface area contributed by atoms with Gasteiger partial charge in [-0.05, 0) is 48.4 Å². The fraction of sp³-hybridized carbons (Fsp3) is 0.353. The Morgan fingerprint density at radius 2 is 1.89 bits per heavy atom. The normalized spacial score (nSPS) is 21.8. The minimum Gasteiger partial charge on any atom is -0.377 e. The van der Waals surface area contributed by atoms with E-state index in [2.05, 4.69) is 54.5 Å².